The number of nitriles is 1. The summed E-state index contributed by atoms with van der Waals surface area (Å²) < 4.78 is 5.16. The first-order valence-corrected chi connectivity index (χ1v) is 7.67. The lowest BCUT2D eigenvalue weighted by Crippen LogP contribution is -2.09. The van der Waals surface area contributed by atoms with Crippen molar-refractivity contribution < 1.29 is 14.3 Å². The number of hydrogen-bond donors (Lipinski definition) is 1. The molecule has 8 heteroatoms. The summed E-state index contributed by atoms with van der Waals surface area (Å²) in [7, 11) is 1.26. The molecule has 2 aromatic heterocycles. The molecule has 2 rings (SSSR count). The van der Waals surface area contributed by atoms with Crippen molar-refractivity contribution >= 4 is 51.2 Å². The first-order chi connectivity index (χ1) is 9.97. The third kappa shape index (κ3) is 3.08. The van der Waals surface area contributed by atoms with Crippen LogP contribution in [0.4, 0.5) is 5.00 Å². The molecule has 0 unspecified atom stereocenters. The van der Waals surface area contributed by atoms with E-state index in [4.69, 9.17) is 11.6 Å². The Hall–Kier alpha value is -1.88. The molecule has 0 saturated heterocycles. The molecule has 0 bridgehead atoms. The zero-order valence-electron chi connectivity index (χ0n) is 11.0. The fourth-order valence-electron chi connectivity index (χ4n) is 1.62. The van der Waals surface area contributed by atoms with E-state index >= 15 is 0 Å². The summed E-state index contributed by atoms with van der Waals surface area (Å²) >= 11 is 7.93. The SMILES string of the molecule is COC(=O)c1sc(NC(=O)c2ccc(Cl)s2)c(C#N)c1C. The number of amides is 1. The second kappa shape index (κ2) is 6.26. The maximum atomic E-state index is 12.1. The summed E-state index contributed by atoms with van der Waals surface area (Å²) in [4.78, 5) is 24.4. The molecule has 0 aromatic carbocycles. The molecule has 0 aliphatic rings. The average Bonchev–Trinajstić information content (AvgIpc) is 3.02. The van der Waals surface area contributed by atoms with E-state index in [1.165, 1.54) is 7.11 Å². The Morgan fingerprint density at radius 3 is 2.62 bits per heavy atom. The number of esters is 1. The second-order valence-corrected chi connectivity index (χ2v) is 6.66. The van der Waals surface area contributed by atoms with Crippen molar-refractivity contribution in [3.8, 4) is 6.07 Å². The molecule has 0 aliphatic heterocycles. The maximum absolute atomic E-state index is 12.1. The smallest absolute Gasteiger partial charge is 0.348 e. The number of nitrogens with zero attached hydrogens (tertiary/aromatic N) is 1. The van der Waals surface area contributed by atoms with Crippen LogP contribution in [0.1, 0.15) is 30.5 Å². The molecule has 21 heavy (non-hydrogen) atoms. The first kappa shape index (κ1) is 15.5. The quantitative estimate of drug-likeness (QED) is 0.864. The Bertz CT molecular complexity index is 758. The monoisotopic (exact) mass is 340 g/mol. The highest BCUT2D eigenvalue weighted by Gasteiger charge is 2.22. The van der Waals surface area contributed by atoms with E-state index in [1.54, 1.807) is 19.1 Å². The summed E-state index contributed by atoms with van der Waals surface area (Å²) in [6.07, 6.45) is 0. The molecule has 2 heterocycles. The third-order valence-corrected chi connectivity index (χ3v) is 5.07. The lowest BCUT2D eigenvalue weighted by Gasteiger charge is -2.00. The van der Waals surface area contributed by atoms with Gasteiger partial charge < -0.3 is 10.1 Å². The molecule has 0 saturated carbocycles. The van der Waals surface area contributed by atoms with Gasteiger partial charge in [-0.15, -0.1) is 22.7 Å². The normalized spacial score (nSPS) is 10.0. The molecule has 1 amide bonds. The summed E-state index contributed by atoms with van der Waals surface area (Å²) in [5.41, 5.74) is 0.755. The number of hydrogen-bond acceptors (Lipinski definition) is 6. The van der Waals surface area contributed by atoms with Gasteiger partial charge in [0, 0.05) is 0 Å². The summed E-state index contributed by atoms with van der Waals surface area (Å²) in [5, 5.41) is 12.1. The van der Waals surface area contributed by atoms with Gasteiger partial charge in [0.2, 0.25) is 0 Å². The zero-order chi connectivity index (χ0) is 15.6. The predicted octanol–water partition coefficient (Wildman–Crippen LogP) is 3.68. The maximum Gasteiger partial charge on any atom is 0.348 e. The number of rotatable bonds is 3. The Morgan fingerprint density at radius 2 is 2.10 bits per heavy atom. The van der Waals surface area contributed by atoms with E-state index in [1.807, 2.05) is 6.07 Å². The van der Waals surface area contributed by atoms with Crippen LogP contribution in [0.15, 0.2) is 12.1 Å². The van der Waals surface area contributed by atoms with Gasteiger partial charge in [0.05, 0.1) is 21.9 Å². The van der Waals surface area contributed by atoms with Crippen LogP contribution in [0.2, 0.25) is 4.34 Å². The summed E-state index contributed by atoms with van der Waals surface area (Å²) in [6, 6.07) is 5.20. The highest BCUT2D eigenvalue weighted by Crippen LogP contribution is 2.33. The summed E-state index contributed by atoms with van der Waals surface area (Å²) in [5.74, 6) is -0.908. The molecule has 0 fully saturated rings. The van der Waals surface area contributed by atoms with Gasteiger partial charge in [0.1, 0.15) is 15.9 Å². The van der Waals surface area contributed by atoms with Crippen LogP contribution in [0.5, 0.6) is 0 Å². The number of ether oxygens (including phenoxy) is 1. The fourth-order valence-corrected chi connectivity index (χ4v) is 3.63. The Balaban J connectivity index is 2.34. The molecule has 108 valence electrons. The number of carbonyl (C=O) groups excluding carboxylic acids is 2. The van der Waals surface area contributed by atoms with Crippen molar-refractivity contribution in [1.29, 1.82) is 5.26 Å². The van der Waals surface area contributed by atoms with Crippen molar-refractivity contribution in [1.82, 2.24) is 0 Å². The number of thiophene rings is 2. The van der Waals surface area contributed by atoms with E-state index in [-0.39, 0.29) is 11.5 Å². The number of carbonyl (C=O) groups is 2. The molecule has 0 radical (unpaired) electrons. The van der Waals surface area contributed by atoms with Crippen LogP contribution in [0.25, 0.3) is 0 Å². The topological polar surface area (TPSA) is 79.2 Å². The number of anilines is 1. The average molecular weight is 341 g/mol. The van der Waals surface area contributed by atoms with E-state index < -0.39 is 5.97 Å². The van der Waals surface area contributed by atoms with Crippen LogP contribution >= 0.6 is 34.3 Å². The van der Waals surface area contributed by atoms with Crippen molar-refractivity contribution in [3.63, 3.8) is 0 Å². The first-order valence-electron chi connectivity index (χ1n) is 5.66. The number of methoxy groups -OCH3 is 1. The van der Waals surface area contributed by atoms with Gasteiger partial charge in [-0.05, 0) is 24.6 Å². The van der Waals surface area contributed by atoms with E-state index in [0.717, 1.165) is 22.7 Å². The van der Waals surface area contributed by atoms with Crippen LogP contribution < -0.4 is 5.32 Å². The lowest BCUT2D eigenvalue weighted by molar-refractivity contribution is 0.0605. The Morgan fingerprint density at radius 1 is 1.38 bits per heavy atom. The lowest BCUT2D eigenvalue weighted by atomic mass is 10.2. The van der Waals surface area contributed by atoms with Gasteiger partial charge >= 0.3 is 5.97 Å². The third-order valence-electron chi connectivity index (χ3n) is 2.65. The van der Waals surface area contributed by atoms with Crippen LogP contribution in [-0.2, 0) is 4.74 Å². The van der Waals surface area contributed by atoms with Gasteiger partial charge in [0.15, 0.2) is 0 Å². The van der Waals surface area contributed by atoms with E-state index in [9.17, 15) is 14.9 Å². The fraction of sp³-hybridized carbons (Fsp3) is 0.154. The molecular formula is C13H9ClN2O3S2. The van der Waals surface area contributed by atoms with Gasteiger partial charge in [-0.2, -0.15) is 5.26 Å². The Kier molecular flexibility index (Phi) is 4.63. The number of nitrogens with one attached hydrogen (secondary N) is 1. The Labute approximate surface area is 133 Å². The van der Waals surface area contributed by atoms with Crippen molar-refractivity contribution in [2.24, 2.45) is 0 Å². The van der Waals surface area contributed by atoms with Gasteiger partial charge in [0.25, 0.3) is 5.91 Å². The zero-order valence-corrected chi connectivity index (χ0v) is 13.4. The largest absolute Gasteiger partial charge is 0.465 e. The molecule has 0 atom stereocenters. The highest BCUT2D eigenvalue weighted by atomic mass is 35.5. The number of halogens is 1. The highest BCUT2D eigenvalue weighted by molar-refractivity contribution is 7.19. The minimum absolute atomic E-state index is 0.261. The van der Waals surface area contributed by atoms with E-state index in [2.05, 4.69) is 10.1 Å². The van der Waals surface area contributed by atoms with Crippen LogP contribution in [-0.4, -0.2) is 19.0 Å². The van der Waals surface area contributed by atoms with E-state index in [0.29, 0.717) is 24.7 Å². The molecular weight excluding hydrogens is 332 g/mol. The molecule has 2 aromatic rings. The van der Waals surface area contributed by atoms with Crippen molar-refractivity contribution in [2.45, 2.75) is 6.92 Å². The molecule has 5 nitrogen and oxygen atoms in total. The van der Waals surface area contributed by atoms with Gasteiger partial charge in [-0.1, -0.05) is 11.6 Å². The molecule has 0 spiro atoms. The minimum atomic E-state index is -0.534. The minimum Gasteiger partial charge on any atom is -0.465 e. The van der Waals surface area contributed by atoms with Crippen molar-refractivity contribution in [2.75, 3.05) is 12.4 Å². The summed E-state index contributed by atoms with van der Waals surface area (Å²) in [6.45, 7) is 1.64. The standard InChI is InChI=1S/C13H9ClN2O3S2/c1-6-7(5-15)12(21-10(6)13(18)19-2)16-11(17)8-3-4-9(14)20-8/h3-4H,1-2H3,(H,16,17). The van der Waals surface area contributed by atoms with Gasteiger partial charge in [-0.25, -0.2) is 4.79 Å². The molecule has 1 N–H and O–H groups in total. The molecule has 0 aliphatic carbocycles. The van der Waals surface area contributed by atoms with Gasteiger partial charge in [-0.3, -0.25) is 4.79 Å². The van der Waals surface area contributed by atoms with Crippen molar-refractivity contribution in [3.05, 3.63) is 37.4 Å². The predicted molar refractivity (Wildman–Crippen MR) is 82.4 cm³/mol. The second-order valence-electron chi connectivity index (χ2n) is 3.92. The van der Waals surface area contributed by atoms with Crippen LogP contribution in [0.3, 0.4) is 0 Å². The van der Waals surface area contributed by atoms with Crippen LogP contribution in [0, 0.1) is 18.3 Å².